The van der Waals surface area contributed by atoms with Crippen LogP contribution in [0.2, 0.25) is 0 Å². The van der Waals surface area contributed by atoms with Crippen molar-refractivity contribution in [2.45, 2.75) is 64.2 Å². The molecule has 0 spiro atoms. The standard InChI is InChI=1S/C14H25O4/c1-2-3-4-5-6-7-8-9-10-11-12(13(15)16)14(17)18/h12H,1-11H2,(H,15,16)(H,17,18). The molecule has 0 saturated carbocycles. The maximum Gasteiger partial charge on any atom is 0.317 e. The van der Waals surface area contributed by atoms with Gasteiger partial charge in [-0.15, -0.1) is 0 Å². The number of rotatable bonds is 12. The van der Waals surface area contributed by atoms with Crippen molar-refractivity contribution in [3.63, 3.8) is 0 Å². The van der Waals surface area contributed by atoms with Crippen molar-refractivity contribution in [3.05, 3.63) is 6.92 Å². The van der Waals surface area contributed by atoms with Gasteiger partial charge in [-0.1, -0.05) is 64.7 Å². The maximum atomic E-state index is 10.6. The number of hydrogen-bond donors (Lipinski definition) is 2. The summed E-state index contributed by atoms with van der Waals surface area (Å²) in [7, 11) is 0. The van der Waals surface area contributed by atoms with Crippen LogP contribution in [0.25, 0.3) is 0 Å². The largest absolute Gasteiger partial charge is 0.481 e. The van der Waals surface area contributed by atoms with Gasteiger partial charge < -0.3 is 10.2 Å². The molecule has 0 atom stereocenters. The van der Waals surface area contributed by atoms with E-state index in [2.05, 4.69) is 6.92 Å². The average Bonchev–Trinajstić information content (AvgIpc) is 2.30. The molecule has 0 aliphatic carbocycles. The summed E-state index contributed by atoms with van der Waals surface area (Å²) in [5.41, 5.74) is 0. The summed E-state index contributed by atoms with van der Waals surface area (Å²) in [6.45, 7) is 3.79. The van der Waals surface area contributed by atoms with E-state index in [0.717, 1.165) is 25.7 Å². The minimum atomic E-state index is -1.23. The van der Waals surface area contributed by atoms with Gasteiger partial charge >= 0.3 is 11.9 Å². The van der Waals surface area contributed by atoms with E-state index in [-0.39, 0.29) is 6.42 Å². The minimum Gasteiger partial charge on any atom is -0.481 e. The molecule has 0 aromatic rings. The third kappa shape index (κ3) is 9.02. The third-order valence-electron chi connectivity index (χ3n) is 3.09. The highest BCUT2D eigenvalue weighted by molar-refractivity contribution is 5.92. The van der Waals surface area contributed by atoms with E-state index >= 15 is 0 Å². The molecule has 0 aromatic carbocycles. The minimum absolute atomic E-state index is 0.242. The highest BCUT2D eigenvalue weighted by Gasteiger charge is 2.24. The Morgan fingerprint density at radius 3 is 1.56 bits per heavy atom. The molecule has 4 heteroatoms. The van der Waals surface area contributed by atoms with Crippen LogP contribution in [0.3, 0.4) is 0 Å². The number of aliphatic carboxylic acids is 2. The smallest absolute Gasteiger partial charge is 0.317 e. The zero-order valence-corrected chi connectivity index (χ0v) is 11.1. The van der Waals surface area contributed by atoms with Gasteiger partial charge in [0.2, 0.25) is 0 Å². The molecule has 18 heavy (non-hydrogen) atoms. The lowest BCUT2D eigenvalue weighted by Crippen LogP contribution is -2.23. The normalized spacial score (nSPS) is 10.8. The molecule has 0 heterocycles. The Bertz CT molecular complexity index is 224. The van der Waals surface area contributed by atoms with Crippen LogP contribution in [-0.2, 0) is 9.59 Å². The SMILES string of the molecule is [CH2]CCCCCCCCCCC(C(=O)O)C(=O)O. The zero-order valence-electron chi connectivity index (χ0n) is 11.1. The summed E-state index contributed by atoms with van der Waals surface area (Å²) in [4.78, 5) is 21.2. The molecule has 1 radical (unpaired) electrons. The highest BCUT2D eigenvalue weighted by atomic mass is 16.4. The Morgan fingerprint density at radius 2 is 1.17 bits per heavy atom. The topological polar surface area (TPSA) is 74.6 Å². The fourth-order valence-electron chi connectivity index (χ4n) is 1.94. The van der Waals surface area contributed by atoms with E-state index in [4.69, 9.17) is 10.2 Å². The van der Waals surface area contributed by atoms with E-state index in [9.17, 15) is 9.59 Å². The molecule has 0 unspecified atom stereocenters. The van der Waals surface area contributed by atoms with E-state index < -0.39 is 17.9 Å². The van der Waals surface area contributed by atoms with Gasteiger partial charge in [-0.2, -0.15) is 0 Å². The molecular formula is C14H25O4. The summed E-state index contributed by atoms with van der Waals surface area (Å²) in [5, 5.41) is 17.4. The van der Waals surface area contributed by atoms with Gasteiger partial charge in [0.1, 0.15) is 0 Å². The molecule has 0 aliphatic rings. The molecule has 0 aliphatic heterocycles. The highest BCUT2D eigenvalue weighted by Crippen LogP contribution is 2.14. The second-order valence-electron chi connectivity index (χ2n) is 4.70. The van der Waals surface area contributed by atoms with Gasteiger partial charge in [-0.3, -0.25) is 9.59 Å². The molecule has 4 nitrogen and oxygen atoms in total. The summed E-state index contributed by atoms with van der Waals surface area (Å²) < 4.78 is 0. The van der Waals surface area contributed by atoms with Crippen LogP contribution in [0.4, 0.5) is 0 Å². The lowest BCUT2D eigenvalue weighted by atomic mass is 10.00. The molecule has 0 bridgehead atoms. The molecule has 2 N–H and O–H groups in total. The van der Waals surface area contributed by atoms with Crippen LogP contribution in [0.1, 0.15) is 64.2 Å². The first kappa shape index (κ1) is 16.9. The molecule has 0 amide bonds. The predicted octanol–water partition coefficient (Wildman–Crippen LogP) is 3.51. The van der Waals surface area contributed by atoms with E-state index in [1.165, 1.54) is 25.7 Å². The molecule has 0 aromatic heterocycles. The number of carboxylic acids is 2. The van der Waals surface area contributed by atoms with Crippen molar-refractivity contribution in [2.75, 3.05) is 0 Å². The second kappa shape index (κ2) is 11.1. The van der Waals surface area contributed by atoms with Gasteiger partial charge in [0.05, 0.1) is 0 Å². The van der Waals surface area contributed by atoms with Crippen LogP contribution in [0, 0.1) is 12.8 Å². The molecule has 0 saturated heterocycles. The first-order valence-electron chi connectivity index (χ1n) is 6.84. The number of hydrogen-bond acceptors (Lipinski definition) is 2. The fraction of sp³-hybridized carbons (Fsp3) is 0.786. The lowest BCUT2D eigenvalue weighted by Gasteiger charge is -2.06. The number of carboxylic acid groups (broad SMARTS) is 2. The Hall–Kier alpha value is -1.06. The summed E-state index contributed by atoms with van der Waals surface area (Å²) in [5.74, 6) is -3.69. The van der Waals surface area contributed by atoms with Gasteiger partial charge in [-0.05, 0) is 6.42 Å². The Kier molecular flexibility index (Phi) is 10.4. The molecule has 0 fully saturated rings. The Morgan fingerprint density at radius 1 is 0.778 bits per heavy atom. The summed E-state index contributed by atoms with van der Waals surface area (Å²) in [6, 6.07) is 0. The monoisotopic (exact) mass is 257 g/mol. The van der Waals surface area contributed by atoms with Gasteiger partial charge in [0.25, 0.3) is 0 Å². The molecular weight excluding hydrogens is 232 g/mol. The lowest BCUT2D eigenvalue weighted by molar-refractivity contribution is -0.154. The second-order valence-corrected chi connectivity index (χ2v) is 4.70. The van der Waals surface area contributed by atoms with Crippen molar-refractivity contribution in [3.8, 4) is 0 Å². The molecule has 105 valence electrons. The predicted molar refractivity (Wildman–Crippen MR) is 70.3 cm³/mol. The molecule has 0 rings (SSSR count). The van der Waals surface area contributed by atoms with Crippen molar-refractivity contribution < 1.29 is 19.8 Å². The van der Waals surface area contributed by atoms with Gasteiger partial charge in [0.15, 0.2) is 5.92 Å². The first-order valence-corrected chi connectivity index (χ1v) is 6.84. The summed E-state index contributed by atoms with van der Waals surface area (Å²) >= 11 is 0. The van der Waals surface area contributed by atoms with Crippen molar-refractivity contribution in [1.29, 1.82) is 0 Å². The Balaban J connectivity index is 3.39. The van der Waals surface area contributed by atoms with E-state index in [1.54, 1.807) is 0 Å². The van der Waals surface area contributed by atoms with Crippen LogP contribution in [-0.4, -0.2) is 22.2 Å². The first-order chi connectivity index (χ1) is 8.59. The fourth-order valence-corrected chi connectivity index (χ4v) is 1.94. The zero-order chi connectivity index (χ0) is 13.8. The van der Waals surface area contributed by atoms with Crippen LogP contribution >= 0.6 is 0 Å². The number of unbranched alkanes of at least 4 members (excludes halogenated alkanes) is 8. The average molecular weight is 257 g/mol. The Labute approximate surface area is 109 Å². The quantitative estimate of drug-likeness (QED) is 0.414. The van der Waals surface area contributed by atoms with Crippen molar-refractivity contribution >= 4 is 11.9 Å². The van der Waals surface area contributed by atoms with Crippen molar-refractivity contribution in [1.82, 2.24) is 0 Å². The van der Waals surface area contributed by atoms with Crippen LogP contribution in [0.15, 0.2) is 0 Å². The van der Waals surface area contributed by atoms with Crippen LogP contribution < -0.4 is 0 Å². The van der Waals surface area contributed by atoms with Gasteiger partial charge in [0, 0.05) is 0 Å². The maximum absolute atomic E-state index is 10.6. The number of carbonyl (C=O) groups is 2. The van der Waals surface area contributed by atoms with Crippen molar-refractivity contribution in [2.24, 2.45) is 5.92 Å². The van der Waals surface area contributed by atoms with Crippen LogP contribution in [0.5, 0.6) is 0 Å². The summed E-state index contributed by atoms with van der Waals surface area (Å²) in [6.07, 6.45) is 9.96. The third-order valence-corrected chi connectivity index (χ3v) is 3.09. The van der Waals surface area contributed by atoms with E-state index in [1.807, 2.05) is 0 Å². The van der Waals surface area contributed by atoms with Gasteiger partial charge in [-0.25, -0.2) is 0 Å². The van der Waals surface area contributed by atoms with E-state index in [0.29, 0.717) is 6.42 Å².